The van der Waals surface area contributed by atoms with Gasteiger partial charge >= 0.3 is 23.9 Å². The van der Waals surface area contributed by atoms with Gasteiger partial charge in [-0.3, -0.25) is 0 Å². The molecule has 4 aromatic rings. The van der Waals surface area contributed by atoms with E-state index in [0.717, 1.165) is 25.4 Å². The monoisotopic (exact) mass is 924 g/mol. The molecule has 0 fully saturated rings. The fraction of sp³-hybridized carbons (Fsp3) is 0.190. The molecule has 2 aliphatic heterocycles. The fourth-order valence-electron chi connectivity index (χ4n) is 4.77. The molecule has 8 nitrogen and oxygen atoms in total. The highest BCUT2D eigenvalue weighted by Crippen LogP contribution is 2.66. The van der Waals surface area contributed by atoms with Gasteiger partial charge in [-0.15, -0.1) is 47.0 Å². The average molecular weight is 925 g/mol. The maximum atomic E-state index is 12.5. The third-order valence-corrected chi connectivity index (χ3v) is 18.9. The van der Waals surface area contributed by atoms with Gasteiger partial charge in [0, 0.05) is 23.0 Å². The van der Waals surface area contributed by atoms with Crippen molar-refractivity contribution in [2.45, 2.75) is 0 Å². The van der Waals surface area contributed by atoms with Crippen LogP contribution in [-0.4, -0.2) is 73.3 Å². The normalized spacial score (nSPS) is 13.8. The summed E-state index contributed by atoms with van der Waals surface area (Å²) in [6.45, 7) is 1.01. The molecule has 300 valence electrons. The largest absolute Gasteiger partial charge is 0.461 e. The van der Waals surface area contributed by atoms with E-state index >= 15 is 0 Å². The SMILES string of the molecule is O=C(OCCSC1=C(SCCOC(=O)c2ccccc2)SC(=C2SC(SCCOC(=O)c3ccccc3)=C(SCCOC(=O)c3ccccc3)S2)S1)c1ccccc1. The van der Waals surface area contributed by atoms with E-state index in [-0.39, 0.29) is 50.3 Å². The Morgan fingerprint density at radius 2 is 0.552 bits per heavy atom. The minimum absolute atomic E-state index is 0.252. The first-order valence-electron chi connectivity index (χ1n) is 17.8. The van der Waals surface area contributed by atoms with E-state index in [1.807, 2.05) is 72.8 Å². The van der Waals surface area contributed by atoms with Gasteiger partial charge in [0.1, 0.15) is 26.4 Å². The maximum Gasteiger partial charge on any atom is 0.338 e. The third-order valence-electron chi connectivity index (χ3n) is 7.48. The molecule has 0 saturated carbocycles. The number of thioether (sulfide) groups is 8. The van der Waals surface area contributed by atoms with Gasteiger partial charge in [0.15, 0.2) is 0 Å². The number of carbonyl (C=O) groups excluding carboxylic acids is 4. The van der Waals surface area contributed by atoms with Gasteiger partial charge in [-0.05, 0) is 48.5 Å². The van der Waals surface area contributed by atoms with E-state index in [4.69, 9.17) is 18.9 Å². The molecule has 0 unspecified atom stereocenters. The van der Waals surface area contributed by atoms with E-state index in [9.17, 15) is 19.2 Å². The second-order valence-corrected chi connectivity index (χ2v) is 21.6. The topological polar surface area (TPSA) is 105 Å². The number of hydrogen-bond donors (Lipinski definition) is 0. The van der Waals surface area contributed by atoms with Crippen molar-refractivity contribution in [2.24, 2.45) is 0 Å². The van der Waals surface area contributed by atoms with Crippen molar-refractivity contribution in [1.29, 1.82) is 0 Å². The zero-order chi connectivity index (χ0) is 40.4. The Kier molecular flexibility index (Phi) is 18.5. The lowest BCUT2D eigenvalue weighted by atomic mass is 10.2. The minimum Gasteiger partial charge on any atom is -0.461 e. The van der Waals surface area contributed by atoms with Crippen LogP contribution >= 0.6 is 94.1 Å². The van der Waals surface area contributed by atoms with E-state index in [1.54, 1.807) is 143 Å². The van der Waals surface area contributed by atoms with Crippen molar-refractivity contribution in [3.8, 4) is 0 Å². The summed E-state index contributed by atoms with van der Waals surface area (Å²) in [5, 5.41) is 0. The molecule has 0 bridgehead atoms. The Hall–Kier alpha value is -3.22. The van der Waals surface area contributed by atoms with E-state index in [0.29, 0.717) is 45.3 Å². The zero-order valence-electron chi connectivity index (χ0n) is 30.7. The molecule has 0 saturated heterocycles. The van der Waals surface area contributed by atoms with Crippen LogP contribution in [0.15, 0.2) is 147 Å². The average Bonchev–Trinajstić information content (AvgIpc) is 3.88. The summed E-state index contributed by atoms with van der Waals surface area (Å²) in [5.41, 5.74) is 2.05. The molecule has 58 heavy (non-hydrogen) atoms. The number of ether oxygens (including phenoxy) is 4. The zero-order valence-corrected chi connectivity index (χ0v) is 37.3. The van der Waals surface area contributed by atoms with Crippen LogP contribution in [0, 0.1) is 0 Å². The Morgan fingerprint density at radius 3 is 0.759 bits per heavy atom. The fourth-order valence-corrected chi connectivity index (χ4v) is 16.3. The van der Waals surface area contributed by atoms with Crippen LogP contribution in [0.1, 0.15) is 41.4 Å². The van der Waals surface area contributed by atoms with E-state index in [1.165, 1.54) is 0 Å². The molecule has 0 radical (unpaired) electrons. The smallest absolute Gasteiger partial charge is 0.338 e. The van der Waals surface area contributed by atoms with Gasteiger partial charge in [-0.2, -0.15) is 0 Å². The number of carbonyl (C=O) groups is 4. The molecular weight excluding hydrogens is 889 g/mol. The van der Waals surface area contributed by atoms with Gasteiger partial charge in [0.2, 0.25) is 0 Å². The quantitative estimate of drug-likeness (QED) is 0.0476. The lowest BCUT2D eigenvalue weighted by Gasteiger charge is -2.07. The highest BCUT2D eigenvalue weighted by molar-refractivity contribution is 8.45. The molecule has 0 aromatic heterocycles. The predicted molar refractivity (Wildman–Crippen MR) is 248 cm³/mol. The van der Waals surface area contributed by atoms with E-state index in [2.05, 4.69) is 0 Å². The van der Waals surface area contributed by atoms with Crippen LogP contribution in [0.5, 0.6) is 0 Å². The van der Waals surface area contributed by atoms with Crippen LogP contribution in [0.25, 0.3) is 0 Å². The molecule has 16 heteroatoms. The van der Waals surface area contributed by atoms with Gasteiger partial charge in [0.05, 0.1) is 47.7 Å². The lowest BCUT2D eigenvalue weighted by Crippen LogP contribution is -2.07. The first-order chi connectivity index (χ1) is 28.4. The third kappa shape index (κ3) is 13.9. The number of hydrogen-bond acceptors (Lipinski definition) is 16. The number of benzene rings is 4. The Morgan fingerprint density at radius 1 is 0.345 bits per heavy atom. The highest BCUT2D eigenvalue weighted by Gasteiger charge is 2.31. The molecule has 0 aliphatic carbocycles. The molecule has 0 amide bonds. The summed E-state index contributed by atoms with van der Waals surface area (Å²) in [6, 6.07) is 35.8. The van der Waals surface area contributed by atoms with Crippen molar-refractivity contribution in [3.63, 3.8) is 0 Å². The van der Waals surface area contributed by atoms with Crippen LogP contribution < -0.4 is 0 Å². The van der Waals surface area contributed by atoms with Crippen molar-refractivity contribution in [2.75, 3.05) is 49.4 Å². The summed E-state index contributed by atoms with van der Waals surface area (Å²) >= 11 is 13.3. The molecule has 0 spiro atoms. The summed E-state index contributed by atoms with van der Waals surface area (Å²) in [5.74, 6) is 0.860. The van der Waals surface area contributed by atoms with Crippen LogP contribution in [-0.2, 0) is 18.9 Å². The Labute approximate surface area is 371 Å². The van der Waals surface area contributed by atoms with Crippen LogP contribution in [0.3, 0.4) is 0 Å². The van der Waals surface area contributed by atoms with Gasteiger partial charge in [-0.1, -0.05) is 120 Å². The van der Waals surface area contributed by atoms with Crippen LogP contribution in [0.4, 0.5) is 0 Å². The Balaban J connectivity index is 1.08. The molecule has 0 N–H and O–H groups in total. The molecule has 2 aliphatic rings. The lowest BCUT2D eigenvalue weighted by molar-refractivity contribution is 0.0521. The molecule has 6 rings (SSSR count). The Bertz CT molecular complexity index is 1820. The maximum absolute atomic E-state index is 12.5. The van der Waals surface area contributed by atoms with Crippen molar-refractivity contribution >= 4 is 118 Å². The van der Waals surface area contributed by atoms with Crippen molar-refractivity contribution in [3.05, 3.63) is 169 Å². The summed E-state index contributed by atoms with van der Waals surface area (Å²) < 4.78 is 28.9. The summed E-state index contributed by atoms with van der Waals surface area (Å²) in [6.07, 6.45) is 0. The van der Waals surface area contributed by atoms with Crippen LogP contribution in [0.2, 0.25) is 0 Å². The standard InChI is InChI=1S/C42H36O8S8/c43-33(29-13-5-1-6-14-29)47-21-25-51-37-38(52-26-22-48-34(44)30-15-7-2-8-16-30)56-41(55-37)42-57-39(53-27-23-49-35(45)31-17-9-3-10-18-31)40(58-42)54-28-24-50-36(46)32-19-11-4-12-20-32/h1-20H,21-28H2. The van der Waals surface area contributed by atoms with Gasteiger partial charge in [-0.25, -0.2) is 19.2 Å². The first-order valence-corrected chi connectivity index (χ1v) is 25.0. The first kappa shape index (κ1) is 44.3. The summed E-state index contributed by atoms with van der Waals surface area (Å²) in [4.78, 5) is 50.2. The van der Waals surface area contributed by atoms with E-state index < -0.39 is 0 Å². The molecular formula is C42H36O8S8. The molecule has 2 heterocycles. The second-order valence-electron chi connectivity index (χ2n) is 11.5. The molecule has 4 aromatic carbocycles. The van der Waals surface area contributed by atoms with Crippen molar-refractivity contribution < 1.29 is 38.1 Å². The minimum atomic E-state index is -0.356. The number of esters is 4. The van der Waals surface area contributed by atoms with Crippen molar-refractivity contribution in [1.82, 2.24) is 0 Å². The molecule has 0 atom stereocenters. The highest BCUT2D eigenvalue weighted by atomic mass is 32.3. The predicted octanol–water partition coefficient (Wildman–Crippen LogP) is 11.7. The van der Waals surface area contributed by atoms with Gasteiger partial charge < -0.3 is 18.9 Å². The van der Waals surface area contributed by atoms with Gasteiger partial charge in [0.25, 0.3) is 0 Å². The second kappa shape index (κ2) is 24.1. The summed E-state index contributed by atoms with van der Waals surface area (Å²) in [7, 11) is 0. The number of rotatable bonds is 20.